The second-order valence-corrected chi connectivity index (χ2v) is 9.98. The molecular formula is C27H26N6O. The van der Waals surface area contributed by atoms with Gasteiger partial charge in [-0.1, -0.05) is 25.1 Å². The van der Waals surface area contributed by atoms with E-state index in [1.54, 1.807) is 6.21 Å². The van der Waals surface area contributed by atoms with Gasteiger partial charge in [-0.15, -0.1) is 0 Å². The zero-order valence-corrected chi connectivity index (χ0v) is 19.8. The molecule has 4 aromatic rings. The van der Waals surface area contributed by atoms with Gasteiger partial charge < -0.3 is 9.82 Å². The Labute approximate surface area is 198 Å². The number of nitrogens with zero attached hydrogens (tertiary/aromatic N) is 5. The Bertz CT molecular complexity index is 1510. The fourth-order valence-electron chi connectivity index (χ4n) is 4.89. The van der Waals surface area contributed by atoms with Crippen molar-refractivity contribution < 1.29 is 4.84 Å². The van der Waals surface area contributed by atoms with Crippen LogP contribution in [0.5, 0.6) is 5.75 Å². The Morgan fingerprint density at radius 1 is 1.03 bits per heavy atom. The molecule has 1 aliphatic carbocycles. The van der Waals surface area contributed by atoms with Gasteiger partial charge >= 0.3 is 0 Å². The van der Waals surface area contributed by atoms with Gasteiger partial charge in [-0.3, -0.25) is 0 Å². The minimum absolute atomic E-state index is 0.223. The van der Waals surface area contributed by atoms with Crippen molar-refractivity contribution in [3.63, 3.8) is 0 Å². The lowest BCUT2D eigenvalue weighted by molar-refractivity contribution is 0.311. The van der Waals surface area contributed by atoms with Crippen molar-refractivity contribution in [1.82, 2.24) is 24.9 Å². The summed E-state index contributed by atoms with van der Waals surface area (Å²) in [6, 6.07) is 8.17. The molecule has 0 saturated heterocycles. The van der Waals surface area contributed by atoms with E-state index in [9.17, 15) is 0 Å². The molecule has 0 atom stereocenters. The van der Waals surface area contributed by atoms with Crippen LogP contribution in [0.2, 0.25) is 0 Å². The van der Waals surface area contributed by atoms with E-state index in [-0.39, 0.29) is 5.41 Å². The minimum Gasteiger partial charge on any atom is -0.356 e. The number of rotatable bonds is 2. The van der Waals surface area contributed by atoms with Crippen LogP contribution in [-0.2, 0) is 12.8 Å². The second kappa shape index (κ2) is 7.58. The Balaban J connectivity index is 1.46. The monoisotopic (exact) mass is 450 g/mol. The molecule has 0 unspecified atom stereocenters. The average molecular weight is 451 g/mol. The Kier molecular flexibility index (Phi) is 4.62. The van der Waals surface area contributed by atoms with Gasteiger partial charge in [-0.05, 0) is 68.4 Å². The number of allylic oxidation sites excluding steroid dienone is 1. The van der Waals surface area contributed by atoms with Crippen LogP contribution >= 0.6 is 0 Å². The topological polar surface area (TPSA) is 88.9 Å². The SMILES string of the molecule is Cc1nc2c(c(C3=Cc4cc(-c5cnc6nc(C)[nH]c6c5)ccc4ON=C3)n1)CC(C)(C)CC2. The van der Waals surface area contributed by atoms with Gasteiger partial charge in [0.05, 0.1) is 17.4 Å². The lowest BCUT2D eigenvalue weighted by Crippen LogP contribution is -2.25. The fourth-order valence-corrected chi connectivity index (χ4v) is 4.89. The quantitative estimate of drug-likeness (QED) is 0.438. The van der Waals surface area contributed by atoms with Crippen LogP contribution < -0.4 is 4.84 Å². The number of imidazole rings is 1. The predicted molar refractivity (Wildman–Crippen MR) is 134 cm³/mol. The molecule has 0 fully saturated rings. The summed E-state index contributed by atoms with van der Waals surface area (Å²) < 4.78 is 0. The summed E-state index contributed by atoms with van der Waals surface area (Å²) in [5.74, 6) is 2.35. The fraction of sp³-hybridized carbons (Fsp3) is 0.296. The van der Waals surface area contributed by atoms with Gasteiger partial charge in [-0.25, -0.2) is 19.9 Å². The van der Waals surface area contributed by atoms with Gasteiger partial charge in [0.15, 0.2) is 11.4 Å². The number of aromatic nitrogens is 5. The zero-order valence-electron chi connectivity index (χ0n) is 19.8. The highest BCUT2D eigenvalue weighted by atomic mass is 16.6. The van der Waals surface area contributed by atoms with Gasteiger partial charge in [0.25, 0.3) is 0 Å². The van der Waals surface area contributed by atoms with E-state index in [0.29, 0.717) is 5.75 Å². The van der Waals surface area contributed by atoms with Gasteiger partial charge in [-0.2, -0.15) is 0 Å². The minimum atomic E-state index is 0.223. The van der Waals surface area contributed by atoms with Gasteiger partial charge in [0.1, 0.15) is 11.6 Å². The molecule has 1 aliphatic heterocycles. The predicted octanol–water partition coefficient (Wildman–Crippen LogP) is 5.47. The van der Waals surface area contributed by atoms with Crippen molar-refractivity contribution in [2.75, 3.05) is 0 Å². The number of aryl methyl sites for hydroxylation is 3. The normalized spacial score (nSPS) is 16.4. The van der Waals surface area contributed by atoms with E-state index < -0.39 is 0 Å². The molecule has 2 aliphatic rings. The number of oxime groups is 1. The van der Waals surface area contributed by atoms with E-state index in [1.165, 1.54) is 5.56 Å². The molecule has 1 N–H and O–H groups in total. The van der Waals surface area contributed by atoms with Crippen molar-refractivity contribution in [3.8, 4) is 16.9 Å². The van der Waals surface area contributed by atoms with Crippen LogP contribution in [0.15, 0.2) is 35.6 Å². The van der Waals surface area contributed by atoms with Crippen molar-refractivity contribution in [2.24, 2.45) is 10.6 Å². The maximum atomic E-state index is 5.72. The third-order valence-corrected chi connectivity index (χ3v) is 6.62. The van der Waals surface area contributed by atoms with Crippen LogP contribution in [0.3, 0.4) is 0 Å². The molecule has 7 heteroatoms. The standard InChI is InChI=1S/C27H26N6O/c1-15-30-22-7-8-27(3,4)12-21(22)25(32-15)20-10-18-9-17(5-6-24(18)34-29-14-20)19-11-23-26(28-13-19)33-16(2)31-23/h5-6,9-11,13-14H,7-8,12H2,1-4H3,(H,28,31,33). The number of H-pyrrole nitrogens is 1. The van der Waals surface area contributed by atoms with Crippen LogP contribution in [-0.4, -0.2) is 31.1 Å². The maximum Gasteiger partial charge on any atom is 0.177 e. The first kappa shape index (κ1) is 20.7. The molecule has 170 valence electrons. The van der Waals surface area contributed by atoms with Gasteiger partial charge in [0, 0.05) is 34.2 Å². The van der Waals surface area contributed by atoms with E-state index in [4.69, 9.17) is 14.8 Å². The molecule has 34 heavy (non-hydrogen) atoms. The summed E-state index contributed by atoms with van der Waals surface area (Å²) in [6.45, 7) is 8.51. The highest BCUT2D eigenvalue weighted by molar-refractivity contribution is 6.16. The lowest BCUT2D eigenvalue weighted by Gasteiger charge is -2.31. The smallest absolute Gasteiger partial charge is 0.177 e. The third-order valence-electron chi connectivity index (χ3n) is 6.62. The number of benzene rings is 1. The Morgan fingerprint density at radius 3 is 2.79 bits per heavy atom. The van der Waals surface area contributed by atoms with Crippen molar-refractivity contribution >= 4 is 29.0 Å². The van der Waals surface area contributed by atoms with Crippen molar-refractivity contribution in [1.29, 1.82) is 0 Å². The molecule has 0 saturated carbocycles. The second-order valence-electron chi connectivity index (χ2n) is 9.98. The van der Waals surface area contributed by atoms with Crippen LogP contribution in [0.4, 0.5) is 0 Å². The summed E-state index contributed by atoms with van der Waals surface area (Å²) in [6.07, 6.45) is 8.80. The van der Waals surface area contributed by atoms with E-state index in [0.717, 1.165) is 75.7 Å². The molecule has 0 bridgehead atoms. The number of hydrogen-bond donors (Lipinski definition) is 1. The number of pyridine rings is 1. The van der Waals surface area contributed by atoms with E-state index >= 15 is 0 Å². The molecule has 0 amide bonds. The van der Waals surface area contributed by atoms with E-state index in [2.05, 4.69) is 52.2 Å². The summed E-state index contributed by atoms with van der Waals surface area (Å²) in [7, 11) is 0. The number of fused-ring (bicyclic) bond motifs is 3. The highest BCUT2D eigenvalue weighted by Gasteiger charge is 2.30. The number of hydrogen-bond acceptors (Lipinski definition) is 6. The molecule has 3 aromatic heterocycles. The molecular weight excluding hydrogens is 424 g/mol. The number of nitrogens with one attached hydrogen (secondary N) is 1. The Morgan fingerprint density at radius 2 is 1.91 bits per heavy atom. The lowest BCUT2D eigenvalue weighted by atomic mass is 9.75. The average Bonchev–Trinajstić information content (AvgIpc) is 3.04. The van der Waals surface area contributed by atoms with Crippen molar-refractivity contribution in [3.05, 3.63) is 64.6 Å². The van der Waals surface area contributed by atoms with Gasteiger partial charge in [0.2, 0.25) is 0 Å². The Hall–Kier alpha value is -3.87. The highest BCUT2D eigenvalue weighted by Crippen LogP contribution is 2.38. The molecule has 6 rings (SSSR count). The first-order valence-corrected chi connectivity index (χ1v) is 11.6. The summed E-state index contributed by atoms with van der Waals surface area (Å²) in [4.78, 5) is 27.5. The van der Waals surface area contributed by atoms with Crippen LogP contribution in [0.25, 0.3) is 33.9 Å². The maximum absolute atomic E-state index is 5.72. The largest absolute Gasteiger partial charge is 0.356 e. The molecule has 0 spiro atoms. The number of aromatic amines is 1. The first-order valence-electron chi connectivity index (χ1n) is 11.6. The van der Waals surface area contributed by atoms with Crippen LogP contribution in [0, 0.1) is 19.3 Å². The van der Waals surface area contributed by atoms with Crippen LogP contribution in [0.1, 0.15) is 54.4 Å². The molecule has 7 nitrogen and oxygen atoms in total. The zero-order chi connectivity index (χ0) is 23.4. The summed E-state index contributed by atoms with van der Waals surface area (Å²) in [5, 5.41) is 4.25. The first-order chi connectivity index (χ1) is 16.3. The summed E-state index contributed by atoms with van der Waals surface area (Å²) in [5.41, 5.74) is 9.15. The molecule has 4 heterocycles. The molecule has 0 radical (unpaired) electrons. The third kappa shape index (κ3) is 3.67. The molecule has 1 aromatic carbocycles. The van der Waals surface area contributed by atoms with Crippen molar-refractivity contribution in [2.45, 2.75) is 47.0 Å². The van der Waals surface area contributed by atoms with E-state index in [1.807, 2.05) is 32.2 Å². The summed E-state index contributed by atoms with van der Waals surface area (Å²) >= 11 is 0.